The Balaban J connectivity index is 2.03. The number of nitrogens with zero attached hydrogens (tertiary/aromatic N) is 3. The van der Waals surface area contributed by atoms with Crippen molar-refractivity contribution in [3.05, 3.63) is 40.9 Å². The number of aromatic nitrogens is 3. The van der Waals surface area contributed by atoms with Gasteiger partial charge < -0.3 is 24.1 Å². The van der Waals surface area contributed by atoms with Gasteiger partial charge in [0, 0.05) is 25.6 Å². The van der Waals surface area contributed by atoms with Crippen LogP contribution in [0.15, 0.2) is 35.4 Å². The third-order valence-electron chi connectivity index (χ3n) is 4.66. The molecule has 0 bridgehead atoms. The quantitative estimate of drug-likeness (QED) is 0.444. The van der Waals surface area contributed by atoms with Gasteiger partial charge in [0.15, 0.2) is 11.5 Å². The number of anilines is 1. The molecule has 9 heteroatoms. The number of carbonyl (C=O) groups excluding carboxylic acids is 1. The molecular weight excluding hydrogens is 388 g/mol. The number of esters is 1. The summed E-state index contributed by atoms with van der Waals surface area (Å²) in [5.41, 5.74) is 1.73. The Bertz CT molecular complexity index is 1130. The van der Waals surface area contributed by atoms with E-state index in [0.717, 1.165) is 5.56 Å². The van der Waals surface area contributed by atoms with E-state index in [1.807, 2.05) is 12.1 Å². The number of fused-ring (bicyclic) bond motifs is 1. The molecule has 0 radical (unpaired) electrons. The van der Waals surface area contributed by atoms with E-state index in [0.29, 0.717) is 46.9 Å². The summed E-state index contributed by atoms with van der Waals surface area (Å²) in [6.45, 7) is 0.449. The standard InChI is InChI=1S/C21H24N4O5/c1-25-12-23-15-11-14(13-7-8-16(28-2)17(10-13)29-3)24-20(19(15)21(25)27)22-9-5-6-18(26)30-4/h7-8,10-12H,5-6,9H2,1-4H3,(H,22,24). The SMILES string of the molecule is COC(=O)CCCNc1nc(-c2ccc(OC)c(OC)c2)cc2ncn(C)c(=O)c12. The Kier molecular flexibility index (Phi) is 6.51. The average Bonchev–Trinajstić information content (AvgIpc) is 2.78. The molecule has 9 nitrogen and oxygen atoms in total. The number of hydrogen-bond donors (Lipinski definition) is 1. The van der Waals surface area contributed by atoms with E-state index in [1.54, 1.807) is 33.4 Å². The van der Waals surface area contributed by atoms with Gasteiger partial charge in [-0.2, -0.15) is 0 Å². The molecular formula is C21H24N4O5. The second kappa shape index (κ2) is 9.25. The first-order valence-corrected chi connectivity index (χ1v) is 9.38. The lowest BCUT2D eigenvalue weighted by molar-refractivity contribution is -0.140. The minimum absolute atomic E-state index is 0.207. The fraction of sp³-hybridized carbons (Fsp3) is 0.333. The van der Waals surface area contributed by atoms with Crippen LogP contribution in [0.25, 0.3) is 22.2 Å². The summed E-state index contributed by atoms with van der Waals surface area (Å²) in [7, 11) is 6.13. The van der Waals surface area contributed by atoms with Gasteiger partial charge in [-0.3, -0.25) is 9.59 Å². The van der Waals surface area contributed by atoms with E-state index < -0.39 is 0 Å². The second-order valence-electron chi connectivity index (χ2n) is 6.59. The number of nitrogens with one attached hydrogen (secondary N) is 1. The van der Waals surface area contributed by atoms with Crippen LogP contribution in [0.5, 0.6) is 11.5 Å². The monoisotopic (exact) mass is 412 g/mol. The summed E-state index contributed by atoms with van der Waals surface area (Å²) in [5, 5.41) is 3.56. The number of hydrogen-bond acceptors (Lipinski definition) is 8. The summed E-state index contributed by atoms with van der Waals surface area (Å²) in [6, 6.07) is 7.23. The van der Waals surface area contributed by atoms with Crippen LogP contribution in [0.3, 0.4) is 0 Å². The number of carbonyl (C=O) groups is 1. The van der Waals surface area contributed by atoms with Crippen molar-refractivity contribution in [1.82, 2.24) is 14.5 Å². The normalized spacial score (nSPS) is 10.7. The summed E-state index contributed by atoms with van der Waals surface area (Å²) < 4.78 is 16.7. The van der Waals surface area contributed by atoms with E-state index in [2.05, 4.69) is 20.0 Å². The highest BCUT2D eigenvalue weighted by Crippen LogP contribution is 2.33. The number of benzene rings is 1. The maximum atomic E-state index is 12.7. The van der Waals surface area contributed by atoms with Gasteiger partial charge in [0.2, 0.25) is 0 Å². The zero-order valence-corrected chi connectivity index (χ0v) is 17.4. The highest BCUT2D eigenvalue weighted by Gasteiger charge is 2.15. The first-order chi connectivity index (χ1) is 14.5. The molecule has 0 fully saturated rings. The van der Waals surface area contributed by atoms with Crippen LogP contribution < -0.4 is 20.3 Å². The second-order valence-corrected chi connectivity index (χ2v) is 6.59. The fourth-order valence-electron chi connectivity index (χ4n) is 3.03. The molecule has 0 atom stereocenters. The zero-order chi connectivity index (χ0) is 21.7. The van der Waals surface area contributed by atoms with Gasteiger partial charge in [0.05, 0.1) is 38.9 Å². The van der Waals surface area contributed by atoms with Crippen LogP contribution in [0, 0.1) is 0 Å². The maximum absolute atomic E-state index is 12.7. The summed E-state index contributed by atoms with van der Waals surface area (Å²) in [6.07, 6.45) is 2.29. The van der Waals surface area contributed by atoms with E-state index in [4.69, 9.17) is 9.47 Å². The lowest BCUT2D eigenvalue weighted by Gasteiger charge is -2.13. The summed E-state index contributed by atoms with van der Waals surface area (Å²) >= 11 is 0. The Labute approximate surface area is 173 Å². The van der Waals surface area contributed by atoms with E-state index in [-0.39, 0.29) is 17.9 Å². The van der Waals surface area contributed by atoms with Crippen molar-refractivity contribution in [3.8, 4) is 22.8 Å². The van der Waals surface area contributed by atoms with E-state index >= 15 is 0 Å². The minimum Gasteiger partial charge on any atom is -0.493 e. The predicted octanol–water partition coefficient (Wildman–Crippen LogP) is 2.38. The van der Waals surface area contributed by atoms with Crippen molar-refractivity contribution >= 4 is 22.7 Å². The zero-order valence-electron chi connectivity index (χ0n) is 17.4. The molecule has 1 aromatic carbocycles. The van der Waals surface area contributed by atoms with Crippen LogP contribution in [0.2, 0.25) is 0 Å². The number of methoxy groups -OCH3 is 3. The molecule has 0 aliphatic rings. The molecule has 0 aliphatic carbocycles. The number of rotatable bonds is 8. The van der Waals surface area contributed by atoms with Gasteiger partial charge in [0.25, 0.3) is 5.56 Å². The third kappa shape index (κ3) is 4.35. The smallest absolute Gasteiger partial charge is 0.305 e. The minimum atomic E-state index is -0.286. The highest BCUT2D eigenvalue weighted by molar-refractivity contribution is 5.91. The first kappa shape index (κ1) is 21.1. The highest BCUT2D eigenvalue weighted by atomic mass is 16.5. The van der Waals surface area contributed by atoms with E-state index in [1.165, 1.54) is 18.0 Å². The van der Waals surface area contributed by atoms with Gasteiger partial charge in [-0.15, -0.1) is 0 Å². The van der Waals surface area contributed by atoms with Gasteiger partial charge in [0.1, 0.15) is 11.2 Å². The fourth-order valence-corrected chi connectivity index (χ4v) is 3.03. The van der Waals surface area contributed by atoms with Crippen molar-refractivity contribution in [2.45, 2.75) is 12.8 Å². The van der Waals surface area contributed by atoms with Crippen LogP contribution in [0.4, 0.5) is 5.82 Å². The first-order valence-electron chi connectivity index (χ1n) is 9.38. The van der Waals surface area contributed by atoms with Gasteiger partial charge in [-0.05, 0) is 30.7 Å². The molecule has 158 valence electrons. The maximum Gasteiger partial charge on any atom is 0.305 e. The van der Waals surface area contributed by atoms with Crippen LogP contribution in [-0.4, -0.2) is 48.4 Å². The average molecular weight is 412 g/mol. The van der Waals surface area contributed by atoms with Gasteiger partial charge in [-0.1, -0.05) is 0 Å². The van der Waals surface area contributed by atoms with Crippen molar-refractivity contribution in [1.29, 1.82) is 0 Å². The topological polar surface area (TPSA) is 105 Å². The molecule has 2 aromatic heterocycles. The van der Waals surface area contributed by atoms with Gasteiger partial charge in [-0.25, -0.2) is 9.97 Å². The molecule has 0 amide bonds. The Morgan fingerprint density at radius 3 is 2.60 bits per heavy atom. The molecule has 30 heavy (non-hydrogen) atoms. The predicted molar refractivity (Wildman–Crippen MR) is 113 cm³/mol. The molecule has 3 rings (SSSR count). The molecule has 0 aliphatic heterocycles. The lowest BCUT2D eigenvalue weighted by Crippen LogP contribution is -2.19. The largest absolute Gasteiger partial charge is 0.493 e. The Morgan fingerprint density at radius 1 is 1.13 bits per heavy atom. The number of pyridine rings is 1. The summed E-state index contributed by atoms with van der Waals surface area (Å²) in [4.78, 5) is 33.1. The lowest BCUT2D eigenvalue weighted by atomic mass is 10.1. The Hall–Kier alpha value is -3.62. The number of aryl methyl sites for hydroxylation is 1. The third-order valence-corrected chi connectivity index (χ3v) is 4.66. The molecule has 0 saturated carbocycles. The van der Waals surface area contributed by atoms with Crippen LogP contribution in [-0.2, 0) is 16.6 Å². The van der Waals surface area contributed by atoms with Crippen molar-refractivity contribution in [2.24, 2.45) is 7.05 Å². The van der Waals surface area contributed by atoms with Gasteiger partial charge >= 0.3 is 5.97 Å². The molecule has 1 N–H and O–H groups in total. The van der Waals surface area contributed by atoms with Crippen molar-refractivity contribution < 1.29 is 19.0 Å². The molecule has 3 aromatic rings. The Morgan fingerprint density at radius 2 is 1.90 bits per heavy atom. The molecule has 2 heterocycles. The van der Waals surface area contributed by atoms with Crippen LogP contribution in [0.1, 0.15) is 12.8 Å². The molecule has 0 spiro atoms. The van der Waals surface area contributed by atoms with Crippen LogP contribution >= 0.6 is 0 Å². The van der Waals surface area contributed by atoms with E-state index in [9.17, 15) is 9.59 Å². The number of ether oxygens (including phenoxy) is 3. The molecule has 0 saturated heterocycles. The summed E-state index contributed by atoms with van der Waals surface area (Å²) in [5.74, 6) is 1.30. The van der Waals surface area contributed by atoms with Crippen molar-refractivity contribution in [2.75, 3.05) is 33.2 Å². The molecule has 0 unspecified atom stereocenters. The van der Waals surface area contributed by atoms with Crippen molar-refractivity contribution in [3.63, 3.8) is 0 Å².